The van der Waals surface area contributed by atoms with Gasteiger partial charge in [0.1, 0.15) is 5.75 Å². The van der Waals surface area contributed by atoms with Crippen LogP contribution in [0.25, 0.3) is 11.3 Å². The number of nitrogens with zero attached hydrogens (tertiary/aromatic N) is 1. The maximum absolute atomic E-state index is 5.51. The third-order valence-electron chi connectivity index (χ3n) is 2.39. The molecule has 0 saturated heterocycles. The minimum Gasteiger partial charge on any atom is -0.496 e. The molecular weight excluding hydrogens is 220 g/mol. The van der Waals surface area contributed by atoms with Gasteiger partial charge in [0.25, 0.3) is 0 Å². The lowest BCUT2D eigenvalue weighted by Crippen LogP contribution is -1.94. The minimum absolute atomic E-state index is 0.365. The summed E-state index contributed by atoms with van der Waals surface area (Å²) < 4.78 is 15.5. The largest absolute Gasteiger partial charge is 0.496 e. The van der Waals surface area contributed by atoms with Crippen molar-refractivity contribution in [3.63, 3.8) is 0 Å². The second-order valence-corrected chi connectivity index (χ2v) is 3.58. The van der Waals surface area contributed by atoms with E-state index in [0.29, 0.717) is 18.2 Å². The number of aromatic nitrogens is 1. The highest BCUT2D eigenvalue weighted by atomic mass is 16.5. The fourth-order valence-electron chi connectivity index (χ4n) is 1.63. The Morgan fingerprint density at radius 2 is 2.12 bits per heavy atom. The highest BCUT2D eigenvalue weighted by Gasteiger charge is 2.09. The summed E-state index contributed by atoms with van der Waals surface area (Å²) in [4.78, 5) is 0. The minimum atomic E-state index is 0.365. The van der Waals surface area contributed by atoms with E-state index in [1.165, 1.54) is 0 Å². The molecule has 0 amide bonds. The maximum Gasteiger partial charge on any atom is 0.169 e. The van der Waals surface area contributed by atoms with Crippen molar-refractivity contribution in [3.8, 4) is 17.1 Å². The summed E-state index contributed by atoms with van der Waals surface area (Å²) in [5.41, 5.74) is 7.35. The van der Waals surface area contributed by atoms with Crippen molar-refractivity contribution >= 4 is 5.82 Å². The van der Waals surface area contributed by atoms with Crippen molar-refractivity contribution in [2.45, 2.75) is 6.61 Å². The van der Waals surface area contributed by atoms with Gasteiger partial charge in [-0.1, -0.05) is 5.16 Å². The standard InChI is InChI=1S/C12H14N2O3/c1-15-7-9-5-8(3-4-10(9)16-2)11-6-12(13)14-17-11/h3-6H,7H2,1-2H3,(H2,13,14). The average Bonchev–Trinajstić information content (AvgIpc) is 2.76. The average molecular weight is 234 g/mol. The Morgan fingerprint density at radius 3 is 2.71 bits per heavy atom. The lowest BCUT2D eigenvalue weighted by Gasteiger charge is -2.08. The highest BCUT2D eigenvalue weighted by Crippen LogP contribution is 2.27. The number of anilines is 1. The molecule has 1 aromatic heterocycles. The van der Waals surface area contributed by atoms with E-state index in [-0.39, 0.29) is 0 Å². The molecule has 0 aliphatic rings. The molecule has 5 nitrogen and oxygen atoms in total. The van der Waals surface area contributed by atoms with Gasteiger partial charge in [-0.3, -0.25) is 0 Å². The first kappa shape index (κ1) is 11.5. The predicted molar refractivity (Wildman–Crippen MR) is 63.6 cm³/mol. The molecule has 0 radical (unpaired) electrons. The quantitative estimate of drug-likeness (QED) is 0.876. The number of hydrogen-bond acceptors (Lipinski definition) is 5. The fraction of sp³-hybridized carbons (Fsp3) is 0.250. The van der Waals surface area contributed by atoms with Gasteiger partial charge in [-0.15, -0.1) is 0 Å². The summed E-state index contributed by atoms with van der Waals surface area (Å²) in [6, 6.07) is 7.36. The van der Waals surface area contributed by atoms with Crippen LogP contribution in [0.5, 0.6) is 5.75 Å². The van der Waals surface area contributed by atoms with Crippen LogP contribution in [0.15, 0.2) is 28.8 Å². The first-order valence-electron chi connectivity index (χ1n) is 5.13. The molecule has 17 heavy (non-hydrogen) atoms. The van der Waals surface area contributed by atoms with Crippen molar-refractivity contribution < 1.29 is 14.0 Å². The van der Waals surface area contributed by atoms with Crippen molar-refractivity contribution in [3.05, 3.63) is 29.8 Å². The number of nitrogen functional groups attached to an aromatic ring is 1. The summed E-state index contributed by atoms with van der Waals surface area (Å²) in [5, 5.41) is 3.65. The van der Waals surface area contributed by atoms with Gasteiger partial charge in [0.05, 0.1) is 13.7 Å². The Labute approximate surface area is 99.1 Å². The van der Waals surface area contributed by atoms with Crippen LogP contribution in [-0.2, 0) is 11.3 Å². The molecule has 0 unspecified atom stereocenters. The summed E-state index contributed by atoms with van der Waals surface area (Å²) in [5.74, 6) is 1.77. The van der Waals surface area contributed by atoms with Gasteiger partial charge in [0, 0.05) is 24.3 Å². The molecule has 5 heteroatoms. The molecule has 0 bridgehead atoms. The Hall–Kier alpha value is -2.01. The molecule has 1 heterocycles. The fourth-order valence-corrected chi connectivity index (χ4v) is 1.63. The van der Waals surface area contributed by atoms with E-state index in [1.807, 2.05) is 18.2 Å². The first-order valence-corrected chi connectivity index (χ1v) is 5.13. The van der Waals surface area contributed by atoms with E-state index in [2.05, 4.69) is 5.16 Å². The number of rotatable bonds is 4. The van der Waals surface area contributed by atoms with E-state index in [1.54, 1.807) is 20.3 Å². The predicted octanol–water partition coefficient (Wildman–Crippen LogP) is 2.08. The second kappa shape index (κ2) is 4.88. The van der Waals surface area contributed by atoms with Crippen LogP contribution in [-0.4, -0.2) is 19.4 Å². The summed E-state index contributed by atoms with van der Waals surface area (Å²) >= 11 is 0. The summed E-state index contributed by atoms with van der Waals surface area (Å²) in [7, 11) is 3.26. The van der Waals surface area contributed by atoms with Gasteiger partial charge in [-0.05, 0) is 18.2 Å². The van der Waals surface area contributed by atoms with Gasteiger partial charge in [0.15, 0.2) is 11.6 Å². The van der Waals surface area contributed by atoms with Crippen molar-refractivity contribution in [2.75, 3.05) is 20.0 Å². The molecule has 2 N–H and O–H groups in total. The zero-order valence-electron chi connectivity index (χ0n) is 9.77. The SMILES string of the molecule is COCc1cc(-c2cc(N)no2)ccc1OC. The normalized spacial score (nSPS) is 10.5. The zero-order chi connectivity index (χ0) is 12.3. The second-order valence-electron chi connectivity index (χ2n) is 3.58. The van der Waals surface area contributed by atoms with E-state index in [4.69, 9.17) is 19.7 Å². The van der Waals surface area contributed by atoms with Crippen LogP contribution < -0.4 is 10.5 Å². The zero-order valence-corrected chi connectivity index (χ0v) is 9.77. The molecular formula is C12H14N2O3. The smallest absolute Gasteiger partial charge is 0.169 e. The van der Waals surface area contributed by atoms with Crippen LogP contribution >= 0.6 is 0 Å². The van der Waals surface area contributed by atoms with Crippen LogP contribution in [0.3, 0.4) is 0 Å². The number of hydrogen-bond donors (Lipinski definition) is 1. The Morgan fingerprint density at radius 1 is 1.29 bits per heavy atom. The van der Waals surface area contributed by atoms with Crippen LogP contribution in [0.1, 0.15) is 5.56 Å². The van der Waals surface area contributed by atoms with Crippen molar-refractivity contribution in [1.82, 2.24) is 5.16 Å². The molecule has 0 spiro atoms. The first-order chi connectivity index (χ1) is 8.24. The van der Waals surface area contributed by atoms with Gasteiger partial charge in [0.2, 0.25) is 0 Å². The van der Waals surface area contributed by atoms with E-state index in [0.717, 1.165) is 16.9 Å². The van der Waals surface area contributed by atoms with E-state index < -0.39 is 0 Å². The van der Waals surface area contributed by atoms with Crippen molar-refractivity contribution in [2.24, 2.45) is 0 Å². The molecule has 90 valence electrons. The Balaban J connectivity index is 2.39. The highest BCUT2D eigenvalue weighted by molar-refractivity contribution is 5.62. The summed E-state index contributed by atoms with van der Waals surface area (Å²) in [6.07, 6.45) is 0. The number of ether oxygens (including phenoxy) is 2. The molecule has 1 aromatic carbocycles. The Kier molecular flexibility index (Phi) is 3.30. The maximum atomic E-state index is 5.51. The van der Waals surface area contributed by atoms with Gasteiger partial charge in [-0.25, -0.2) is 0 Å². The summed E-state index contributed by atoms with van der Waals surface area (Å²) in [6.45, 7) is 0.473. The Bertz CT molecular complexity index is 508. The number of nitrogens with two attached hydrogens (primary N) is 1. The van der Waals surface area contributed by atoms with E-state index >= 15 is 0 Å². The monoisotopic (exact) mass is 234 g/mol. The topological polar surface area (TPSA) is 70.5 Å². The molecule has 2 rings (SSSR count). The van der Waals surface area contributed by atoms with Crippen LogP contribution in [0, 0.1) is 0 Å². The van der Waals surface area contributed by atoms with Crippen molar-refractivity contribution in [1.29, 1.82) is 0 Å². The van der Waals surface area contributed by atoms with Crippen LogP contribution in [0.2, 0.25) is 0 Å². The molecule has 0 fully saturated rings. The number of methoxy groups -OCH3 is 2. The molecule has 2 aromatic rings. The molecule has 0 atom stereocenters. The molecule has 0 aliphatic heterocycles. The lowest BCUT2D eigenvalue weighted by molar-refractivity contribution is 0.181. The molecule has 0 saturated carbocycles. The third kappa shape index (κ3) is 2.39. The van der Waals surface area contributed by atoms with Gasteiger partial charge in [-0.2, -0.15) is 0 Å². The van der Waals surface area contributed by atoms with E-state index in [9.17, 15) is 0 Å². The van der Waals surface area contributed by atoms with Gasteiger partial charge >= 0.3 is 0 Å². The molecule has 0 aliphatic carbocycles. The van der Waals surface area contributed by atoms with Crippen LogP contribution in [0.4, 0.5) is 5.82 Å². The third-order valence-corrected chi connectivity index (χ3v) is 2.39. The van der Waals surface area contributed by atoms with Gasteiger partial charge < -0.3 is 19.7 Å². The number of benzene rings is 1. The lowest BCUT2D eigenvalue weighted by atomic mass is 10.1.